The Bertz CT molecular complexity index is 2940. The fourth-order valence-corrected chi connectivity index (χ4v) is 10.3. The van der Waals surface area contributed by atoms with Gasteiger partial charge in [0.15, 0.2) is 17.9 Å². The molecule has 8 atom stereocenters. The Hall–Kier alpha value is -9.83. The molecule has 0 radical (unpaired) electrons. The lowest BCUT2D eigenvalue weighted by atomic mass is 10.0. The molecular formula is C65H112N22O13. The van der Waals surface area contributed by atoms with Crippen molar-refractivity contribution in [1.82, 2.24) is 63.1 Å². The van der Waals surface area contributed by atoms with E-state index in [-0.39, 0.29) is 113 Å². The van der Waals surface area contributed by atoms with Crippen molar-refractivity contribution in [1.29, 1.82) is 0 Å². The van der Waals surface area contributed by atoms with Crippen LogP contribution in [0, 0.1) is 5.92 Å². The molecule has 1 aromatic carbocycles. The van der Waals surface area contributed by atoms with Crippen LogP contribution in [-0.2, 0) is 65.6 Å². The molecule has 2 rings (SSSR count). The van der Waals surface area contributed by atoms with Crippen LogP contribution in [0.15, 0.2) is 51.8 Å². The van der Waals surface area contributed by atoms with E-state index in [0.717, 1.165) is 25.7 Å². The van der Waals surface area contributed by atoms with Gasteiger partial charge in [-0.1, -0.05) is 110 Å². The number of H-pyrrole nitrogens is 1. The summed E-state index contributed by atoms with van der Waals surface area (Å²) in [5.74, 6) is -10.0. The molecule has 0 unspecified atom stereocenters. The third-order valence-corrected chi connectivity index (χ3v) is 15.7. The van der Waals surface area contributed by atoms with Crippen molar-refractivity contribution in [2.75, 3.05) is 39.3 Å². The lowest BCUT2D eigenvalue weighted by Gasteiger charge is -2.26. The minimum absolute atomic E-state index is 0.0114. The van der Waals surface area contributed by atoms with E-state index >= 15 is 0 Å². The number of phenolic OH excluding ortho intramolecular Hbond substituents is 1. The molecule has 0 aliphatic carbocycles. The molecule has 0 aliphatic rings. The maximum atomic E-state index is 14.5. The number of primary amides is 1. The van der Waals surface area contributed by atoms with E-state index in [4.69, 9.17) is 40.1 Å². The average Bonchev–Trinajstić information content (AvgIpc) is 0.976. The molecule has 0 saturated heterocycles. The largest absolute Gasteiger partial charge is 0.508 e. The predicted molar refractivity (Wildman–Crippen MR) is 377 cm³/mol. The van der Waals surface area contributed by atoms with Gasteiger partial charge >= 0.3 is 0 Å². The van der Waals surface area contributed by atoms with Gasteiger partial charge in [0.1, 0.15) is 54.1 Å². The van der Waals surface area contributed by atoms with Crippen LogP contribution in [0.4, 0.5) is 0 Å². The molecule has 0 fully saturated rings. The summed E-state index contributed by atoms with van der Waals surface area (Å²) in [5, 5.41) is 45.5. The molecule has 2 aromatic rings. The van der Waals surface area contributed by atoms with Crippen molar-refractivity contribution in [2.45, 2.75) is 224 Å². The van der Waals surface area contributed by atoms with Crippen LogP contribution in [0.3, 0.4) is 0 Å². The van der Waals surface area contributed by atoms with E-state index < -0.39 is 133 Å². The third-order valence-electron chi connectivity index (χ3n) is 15.7. The standard InChI is InChI=1S/C65H112N22O13/c1-5-6-7-8-9-10-11-12-13-14-15-16-17-24-52(90)83-51(38-88)58(96)78-36-53(91)81-46(22-19-30-75-64(69)70)59(97)85-47(23-20-31-76-65(71)72)60(98)87-49(33-42-25-27-44(89)28-26-42)57(95)77-37-54(92)82-50(34-43-35-73-39-79-43)61(99)80-41(4)56(94)86-48(32-40(2)3)62(100)84-45(55(66)93)21-18-29-74-63(67)68/h25-28,35,39-41,45-51,88-89H,5-24,29-34,36-38H2,1-4H3,(H2,66,93)(H,73,79)(H,77,95)(H,78,96)(H,80,99)(H,81,91)(H,82,92)(H,83,90)(H,84,100)(H,85,97)(H,86,94)(H,87,98)(H4,67,68,74)(H4,69,70,75)(H4,71,72,76)/t41-,45-,46-,47-,48-,49-,50-,51-/m0/s1. The van der Waals surface area contributed by atoms with Crippen molar-refractivity contribution in [3.8, 4) is 5.75 Å². The Kier molecular flexibility index (Phi) is 42.8. The van der Waals surface area contributed by atoms with Gasteiger partial charge in [-0.05, 0) is 81.9 Å². The van der Waals surface area contributed by atoms with Crippen LogP contribution in [0.1, 0.15) is 174 Å². The van der Waals surface area contributed by atoms with Gasteiger partial charge in [-0.3, -0.25) is 67.7 Å². The summed E-state index contributed by atoms with van der Waals surface area (Å²) in [4.78, 5) is 168. The zero-order valence-corrected chi connectivity index (χ0v) is 58.4. The number of guanidine groups is 3. The molecule has 35 heteroatoms. The number of hydrogen-bond acceptors (Lipinski definition) is 17. The fourth-order valence-electron chi connectivity index (χ4n) is 10.3. The monoisotopic (exact) mass is 1410 g/mol. The van der Waals surface area contributed by atoms with Crippen molar-refractivity contribution in [3.05, 3.63) is 48.0 Å². The predicted octanol–water partition coefficient (Wildman–Crippen LogP) is -2.80. The van der Waals surface area contributed by atoms with Crippen LogP contribution in [-0.4, -0.2) is 191 Å². The molecule has 1 aromatic heterocycles. The molecule has 0 aliphatic heterocycles. The van der Waals surface area contributed by atoms with Crippen molar-refractivity contribution < 1.29 is 63.0 Å². The number of aliphatic hydroxyl groups is 1. The molecule has 35 nitrogen and oxygen atoms in total. The van der Waals surface area contributed by atoms with E-state index in [1.807, 2.05) is 0 Å². The molecule has 0 saturated carbocycles. The number of rotatable bonds is 53. The number of nitrogens with two attached hydrogens (primary N) is 7. The zero-order valence-electron chi connectivity index (χ0n) is 58.4. The summed E-state index contributed by atoms with van der Waals surface area (Å²) >= 11 is 0. The Morgan fingerprint density at radius 1 is 0.460 bits per heavy atom. The first-order chi connectivity index (χ1) is 47.6. The van der Waals surface area contributed by atoms with Crippen molar-refractivity contribution >= 4 is 82.9 Å². The van der Waals surface area contributed by atoms with Gasteiger partial charge in [-0.25, -0.2) is 4.98 Å². The van der Waals surface area contributed by atoms with Gasteiger partial charge in [0, 0.05) is 50.8 Å². The lowest BCUT2D eigenvalue weighted by Crippen LogP contribution is -2.59. The Balaban J connectivity index is 2.28. The number of phenols is 1. The second-order valence-corrected chi connectivity index (χ2v) is 25.0. The number of carbonyl (C=O) groups excluding carboxylic acids is 11. The smallest absolute Gasteiger partial charge is 0.245 e. The maximum absolute atomic E-state index is 14.5. The number of nitrogens with zero attached hydrogens (tertiary/aromatic N) is 4. The Morgan fingerprint density at radius 3 is 1.34 bits per heavy atom. The first-order valence-corrected chi connectivity index (χ1v) is 34.4. The summed E-state index contributed by atoms with van der Waals surface area (Å²) in [5.41, 5.74) is 39.3. The third kappa shape index (κ3) is 38.9. The average molecular weight is 1410 g/mol. The zero-order chi connectivity index (χ0) is 74.4. The summed E-state index contributed by atoms with van der Waals surface area (Å²) in [6, 6.07) is -5.18. The maximum Gasteiger partial charge on any atom is 0.245 e. The quantitative estimate of drug-likeness (QED) is 0.0181. The number of aromatic nitrogens is 2. The van der Waals surface area contributed by atoms with Crippen LogP contribution < -0.4 is 93.3 Å². The van der Waals surface area contributed by atoms with E-state index in [1.165, 1.54) is 95.1 Å². The highest BCUT2D eigenvalue weighted by molar-refractivity contribution is 5.98. The van der Waals surface area contributed by atoms with E-state index in [0.29, 0.717) is 17.7 Å². The van der Waals surface area contributed by atoms with Gasteiger partial charge in [-0.2, -0.15) is 0 Å². The minimum Gasteiger partial charge on any atom is -0.508 e. The lowest BCUT2D eigenvalue weighted by molar-refractivity contribution is -0.135. The molecule has 560 valence electrons. The fraction of sp³-hybridized carbons (Fsp3) is 0.646. The number of aromatic hydroxyl groups is 1. The topological polar surface area (TPSA) is 596 Å². The molecule has 1 heterocycles. The number of aliphatic imine (C=N–C) groups is 3. The summed E-state index contributed by atoms with van der Waals surface area (Å²) in [6.45, 7) is 5.03. The molecule has 27 N–H and O–H groups in total. The number of aliphatic hydroxyl groups excluding tert-OH is 1. The highest BCUT2D eigenvalue weighted by atomic mass is 16.3. The van der Waals surface area contributed by atoms with Crippen LogP contribution in [0.5, 0.6) is 5.75 Å². The number of unbranched alkanes of at least 4 members (excludes halogenated alkanes) is 12. The van der Waals surface area contributed by atoms with Crippen LogP contribution >= 0.6 is 0 Å². The van der Waals surface area contributed by atoms with Crippen LogP contribution in [0.2, 0.25) is 0 Å². The highest BCUT2D eigenvalue weighted by Gasteiger charge is 2.33. The summed E-state index contributed by atoms with van der Waals surface area (Å²) < 4.78 is 0. The van der Waals surface area contributed by atoms with Crippen LogP contribution in [0.25, 0.3) is 0 Å². The molecule has 0 spiro atoms. The second kappa shape index (κ2) is 49.6. The summed E-state index contributed by atoms with van der Waals surface area (Å²) in [6.07, 6.45) is 17.4. The SMILES string of the molecule is CCCCCCCCCCCCCCCC(=O)N[C@@H](CO)C(=O)NCC(=O)N[C@@H](CCCN=C(N)N)C(=O)N[C@@H](CCCN=C(N)N)C(=O)N[C@@H](Cc1ccc(O)cc1)C(=O)NCC(=O)N[C@@H](Cc1cnc[nH]1)C(=O)N[C@@H](C)C(=O)N[C@@H](CC(C)C)C(=O)N[C@@H](CCCN=C(N)N)C(N)=O. The Morgan fingerprint density at radius 2 is 0.870 bits per heavy atom. The summed E-state index contributed by atoms with van der Waals surface area (Å²) in [7, 11) is 0. The first kappa shape index (κ1) is 86.3. The minimum atomic E-state index is -1.50. The number of nitrogens with one attached hydrogen (secondary N) is 11. The molecule has 100 heavy (non-hydrogen) atoms. The van der Waals surface area contributed by atoms with E-state index in [9.17, 15) is 63.0 Å². The number of hydrogen-bond donors (Lipinski definition) is 20. The van der Waals surface area contributed by atoms with Crippen molar-refractivity contribution in [3.63, 3.8) is 0 Å². The number of imidazole rings is 1. The first-order valence-electron chi connectivity index (χ1n) is 34.4. The van der Waals surface area contributed by atoms with Gasteiger partial charge < -0.3 is 109 Å². The number of carbonyl (C=O) groups is 11. The van der Waals surface area contributed by atoms with Crippen molar-refractivity contribution in [2.24, 2.45) is 61.0 Å². The van der Waals surface area contributed by atoms with Gasteiger partial charge in [0.25, 0.3) is 0 Å². The van der Waals surface area contributed by atoms with Gasteiger partial charge in [0.05, 0.1) is 26.0 Å². The Labute approximate surface area is 584 Å². The molecular weight excluding hydrogens is 1300 g/mol. The van der Waals surface area contributed by atoms with Gasteiger partial charge in [0.2, 0.25) is 65.0 Å². The number of amides is 11. The van der Waals surface area contributed by atoms with E-state index in [2.05, 4.69) is 85.0 Å². The molecule has 0 bridgehead atoms. The number of benzene rings is 1. The number of aromatic amines is 1. The molecule has 11 amide bonds. The second-order valence-electron chi connectivity index (χ2n) is 25.0. The van der Waals surface area contributed by atoms with Gasteiger partial charge in [-0.15, -0.1) is 0 Å². The normalized spacial score (nSPS) is 13.3. The highest BCUT2D eigenvalue weighted by Crippen LogP contribution is 2.16. The van der Waals surface area contributed by atoms with E-state index in [1.54, 1.807) is 13.8 Å².